The van der Waals surface area contributed by atoms with E-state index in [4.69, 9.17) is 4.74 Å². The Hall–Kier alpha value is -2.58. The van der Waals surface area contributed by atoms with Crippen LogP contribution >= 0.6 is 0 Å². The first-order valence-corrected chi connectivity index (χ1v) is 8.17. The smallest absolute Gasteiger partial charge is 0.394 e. The minimum absolute atomic E-state index is 0.0510. The normalized spacial score (nSPS) is 15.6. The molecule has 26 heavy (non-hydrogen) atoms. The molecule has 2 heterocycles. The van der Waals surface area contributed by atoms with Crippen LogP contribution in [0, 0.1) is 12.3 Å². The molecule has 9 heteroatoms. The van der Waals surface area contributed by atoms with E-state index in [1.807, 2.05) is 19.1 Å². The van der Waals surface area contributed by atoms with E-state index in [0.29, 0.717) is 11.3 Å². The zero-order chi connectivity index (χ0) is 18.9. The van der Waals surface area contributed by atoms with Crippen LogP contribution in [0.2, 0.25) is 0 Å². The predicted octanol–water partition coefficient (Wildman–Crippen LogP) is 3.55. The molecule has 0 saturated heterocycles. The number of ether oxygens (including phenoxy) is 1. The number of aromatic nitrogens is 3. The van der Waals surface area contributed by atoms with Gasteiger partial charge in [0.25, 0.3) is 0 Å². The van der Waals surface area contributed by atoms with E-state index in [2.05, 4.69) is 15.3 Å². The first kappa shape index (κ1) is 18.2. The Morgan fingerprint density at radius 2 is 2.12 bits per heavy atom. The summed E-state index contributed by atoms with van der Waals surface area (Å²) in [6.45, 7) is 1.78. The van der Waals surface area contributed by atoms with Crippen molar-refractivity contribution < 1.29 is 22.7 Å². The maximum atomic E-state index is 12.9. The number of nitrogens with zero attached hydrogens (tertiary/aromatic N) is 3. The molecule has 1 saturated carbocycles. The van der Waals surface area contributed by atoms with E-state index in [1.165, 1.54) is 13.3 Å². The van der Waals surface area contributed by atoms with Gasteiger partial charge in [0.05, 0.1) is 18.2 Å². The second kappa shape index (κ2) is 6.62. The standard InChI is InChI=1S/C17H19F3N4O2/c1-11-3-4-12(9-22-11)13-10-24(15(23-13)26-2)14(25)21-8-7-16(5-6-16)17(18,19)20/h3-4,9-10H,5-8H2,1-2H3,(H,21,25). The average molecular weight is 368 g/mol. The molecule has 0 aromatic carbocycles. The van der Waals surface area contributed by atoms with Crippen LogP contribution in [0.25, 0.3) is 11.3 Å². The lowest BCUT2D eigenvalue weighted by Gasteiger charge is -2.19. The van der Waals surface area contributed by atoms with Gasteiger partial charge in [0.2, 0.25) is 0 Å². The number of aryl methyl sites for hydroxylation is 1. The van der Waals surface area contributed by atoms with Crippen molar-refractivity contribution in [1.82, 2.24) is 19.9 Å². The van der Waals surface area contributed by atoms with Gasteiger partial charge >= 0.3 is 18.2 Å². The molecule has 0 aliphatic heterocycles. The largest absolute Gasteiger partial charge is 0.468 e. The summed E-state index contributed by atoms with van der Waals surface area (Å²) in [6.07, 6.45) is -1.03. The van der Waals surface area contributed by atoms with Crippen LogP contribution in [0.1, 0.15) is 25.0 Å². The van der Waals surface area contributed by atoms with Gasteiger partial charge < -0.3 is 10.1 Å². The summed E-state index contributed by atoms with van der Waals surface area (Å²) in [4.78, 5) is 20.7. The molecule has 3 rings (SSSR count). The summed E-state index contributed by atoms with van der Waals surface area (Å²) in [6, 6.07) is 3.09. The lowest BCUT2D eigenvalue weighted by atomic mass is 10.0. The van der Waals surface area contributed by atoms with Crippen molar-refractivity contribution in [2.75, 3.05) is 13.7 Å². The molecule has 2 aromatic rings. The quantitative estimate of drug-likeness (QED) is 0.876. The summed E-state index contributed by atoms with van der Waals surface area (Å²) >= 11 is 0. The minimum Gasteiger partial charge on any atom is -0.468 e. The molecule has 0 atom stereocenters. The van der Waals surface area contributed by atoms with Gasteiger partial charge in [0.1, 0.15) is 0 Å². The molecular weight excluding hydrogens is 349 g/mol. The summed E-state index contributed by atoms with van der Waals surface area (Å²) in [5, 5.41) is 2.50. The predicted molar refractivity (Wildman–Crippen MR) is 87.9 cm³/mol. The average Bonchev–Trinajstić information content (AvgIpc) is 3.27. The molecule has 140 valence electrons. The molecule has 0 bridgehead atoms. The number of carbonyl (C=O) groups excluding carboxylic acids is 1. The number of carbonyl (C=O) groups is 1. The van der Waals surface area contributed by atoms with Crippen LogP contribution in [0.4, 0.5) is 18.0 Å². The molecule has 1 N–H and O–H groups in total. The highest BCUT2D eigenvalue weighted by molar-refractivity contribution is 5.79. The van der Waals surface area contributed by atoms with Crippen molar-refractivity contribution in [1.29, 1.82) is 0 Å². The van der Waals surface area contributed by atoms with E-state index in [-0.39, 0.29) is 31.8 Å². The number of alkyl halides is 3. The van der Waals surface area contributed by atoms with Crippen LogP contribution in [0.15, 0.2) is 24.5 Å². The summed E-state index contributed by atoms with van der Waals surface area (Å²) in [5.74, 6) is 0. The minimum atomic E-state index is -4.23. The zero-order valence-electron chi connectivity index (χ0n) is 14.4. The van der Waals surface area contributed by atoms with Crippen molar-refractivity contribution >= 4 is 6.03 Å². The molecule has 2 aromatic heterocycles. The third kappa shape index (κ3) is 3.51. The van der Waals surface area contributed by atoms with Gasteiger partial charge in [-0.15, -0.1) is 0 Å². The number of imidazole rings is 1. The van der Waals surface area contributed by atoms with Crippen molar-refractivity contribution in [2.24, 2.45) is 5.41 Å². The number of amides is 1. The van der Waals surface area contributed by atoms with E-state index in [9.17, 15) is 18.0 Å². The fraction of sp³-hybridized carbons (Fsp3) is 0.471. The summed E-state index contributed by atoms with van der Waals surface area (Å²) in [5.41, 5.74) is 0.391. The lowest BCUT2D eigenvalue weighted by molar-refractivity contribution is -0.188. The molecule has 0 spiro atoms. The highest BCUT2D eigenvalue weighted by Crippen LogP contribution is 2.59. The highest BCUT2D eigenvalue weighted by Gasteiger charge is 2.62. The Labute approximate surface area is 148 Å². The monoisotopic (exact) mass is 368 g/mol. The van der Waals surface area contributed by atoms with Crippen molar-refractivity contribution in [3.8, 4) is 17.3 Å². The van der Waals surface area contributed by atoms with Gasteiger partial charge in [-0.3, -0.25) is 4.98 Å². The van der Waals surface area contributed by atoms with Gasteiger partial charge in [-0.05, 0) is 38.3 Å². The second-order valence-electron chi connectivity index (χ2n) is 6.43. The molecule has 1 amide bonds. The fourth-order valence-corrected chi connectivity index (χ4v) is 2.73. The van der Waals surface area contributed by atoms with Gasteiger partial charge in [-0.2, -0.15) is 18.2 Å². The van der Waals surface area contributed by atoms with Crippen LogP contribution in [-0.4, -0.2) is 40.4 Å². The van der Waals surface area contributed by atoms with Gasteiger partial charge in [0, 0.05) is 30.2 Å². The summed E-state index contributed by atoms with van der Waals surface area (Å²) < 4.78 is 45.0. The van der Waals surface area contributed by atoms with Crippen LogP contribution in [0.3, 0.4) is 0 Å². The number of rotatable bonds is 5. The number of hydrogen-bond acceptors (Lipinski definition) is 4. The first-order valence-electron chi connectivity index (χ1n) is 8.17. The maximum absolute atomic E-state index is 12.9. The first-order chi connectivity index (χ1) is 12.3. The Morgan fingerprint density at radius 1 is 1.38 bits per heavy atom. The van der Waals surface area contributed by atoms with E-state index >= 15 is 0 Å². The van der Waals surface area contributed by atoms with Crippen LogP contribution in [-0.2, 0) is 0 Å². The van der Waals surface area contributed by atoms with Gasteiger partial charge in [-0.1, -0.05) is 0 Å². The van der Waals surface area contributed by atoms with Crippen LogP contribution < -0.4 is 10.1 Å². The Morgan fingerprint density at radius 3 is 2.65 bits per heavy atom. The van der Waals surface area contributed by atoms with Gasteiger partial charge in [-0.25, -0.2) is 9.36 Å². The van der Waals surface area contributed by atoms with E-state index in [0.717, 1.165) is 10.3 Å². The highest BCUT2D eigenvalue weighted by atomic mass is 19.4. The molecule has 1 fully saturated rings. The van der Waals surface area contributed by atoms with Crippen molar-refractivity contribution in [3.05, 3.63) is 30.2 Å². The second-order valence-corrected chi connectivity index (χ2v) is 6.43. The summed E-state index contributed by atoms with van der Waals surface area (Å²) in [7, 11) is 1.37. The van der Waals surface area contributed by atoms with Crippen molar-refractivity contribution in [3.63, 3.8) is 0 Å². The number of methoxy groups -OCH3 is 1. The van der Waals surface area contributed by atoms with Gasteiger partial charge in [0.15, 0.2) is 0 Å². The number of pyridine rings is 1. The molecule has 0 radical (unpaired) electrons. The zero-order valence-corrected chi connectivity index (χ0v) is 14.4. The molecular formula is C17H19F3N4O2. The lowest BCUT2D eigenvalue weighted by Crippen LogP contribution is -2.33. The Kier molecular flexibility index (Phi) is 4.64. The number of nitrogens with one attached hydrogen (secondary N) is 1. The maximum Gasteiger partial charge on any atom is 0.394 e. The number of hydrogen-bond donors (Lipinski definition) is 1. The topological polar surface area (TPSA) is 69.0 Å². The Bertz CT molecular complexity index is 795. The fourth-order valence-electron chi connectivity index (χ4n) is 2.73. The molecule has 6 nitrogen and oxygen atoms in total. The SMILES string of the molecule is COc1nc(-c2ccc(C)nc2)cn1C(=O)NCCC1(C(F)(F)F)CC1. The molecule has 1 aliphatic rings. The van der Waals surface area contributed by atoms with Crippen LogP contribution in [0.5, 0.6) is 6.01 Å². The van der Waals surface area contributed by atoms with E-state index < -0.39 is 17.6 Å². The third-order valence-electron chi connectivity index (χ3n) is 4.62. The molecule has 1 aliphatic carbocycles. The third-order valence-corrected chi connectivity index (χ3v) is 4.62. The number of halogens is 3. The Balaban J connectivity index is 1.68. The van der Waals surface area contributed by atoms with Crippen molar-refractivity contribution in [2.45, 2.75) is 32.4 Å². The van der Waals surface area contributed by atoms with E-state index in [1.54, 1.807) is 6.20 Å². The molecule has 0 unspecified atom stereocenters.